The fraction of sp³-hybridized carbons (Fsp3) is 0.579. The Morgan fingerprint density at radius 1 is 0.842 bits per heavy atom. The molecule has 1 rings (SSSR count). The van der Waals surface area contributed by atoms with E-state index in [-0.39, 0.29) is 0 Å². The first-order valence-corrected chi connectivity index (χ1v) is 7.72. The Kier molecular flexibility index (Phi) is 7.34. The van der Waals surface area contributed by atoms with Gasteiger partial charge >= 0.3 is 0 Å². The maximum absolute atomic E-state index is 3.36. The van der Waals surface area contributed by atoms with E-state index in [1.165, 1.54) is 60.8 Å². The lowest BCUT2D eigenvalue weighted by Gasteiger charge is -2.04. The summed E-state index contributed by atoms with van der Waals surface area (Å²) < 4.78 is 0. The highest BCUT2D eigenvalue weighted by Crippen LogP contribution is 2.15. The van der Waals surface area contributed by atoms with Crippen molar-refractivity contribution in [3.05, 3.63) is 34.4 Å². The molecule has 1 aromatic rings. The zero-order valence-corrected chi connectivity index (χ0v) is 13.1. The second kappa shape index (κ2) is 8.81. The molecule has 0 saturated carbocycles. The van der Waals surface area contributed by atoms with E-state index >= 15 is 0 Å². The van der Waals surface area contributed by atoms with Crippen LogP contribution in [0.4, 0.5) is 0 Å². The highest BCUT2D eigenvalue weighted by atomic mass is 14.0. The van der Waals surface area contributed by atoms with E-state index in [1.807, 2.05) is 0 Å². The van der Waals surface area contributed by atoms with Crippen LogP contribution >= 0.6 is 0 Å². The van der Waals surface area contributed by atoms with Crippen molar-refractivity contribution >= 4 is 0 Å². The van der Waals surface area contributed by atoms with Gasteiger partial charge in [-0.1, -0.05) is 68.6 Å². The normalized spacial score (nSPS) is 10.1. The fourth-order valence-electron chi connectivity index (χ4n) is 2.52. The number of unbranched alkanes of at least 4 members (excludes halogenated alkanes) is 6. The summed E-state index contributed by atoms with van der Waals surface area (Å²) in [7, 11) is 0. The Bertz CT molecular complexity index is 420. The van der Waals surface area contributed by atoms with Gasteiger partial charge in [-0.2, -0.15) is 0 Å². The Morgan fingerprint density at radius 3 is 2.05 bits per heavy atom. The van der Waals surface area contributed by atoms with Crippen LogP contribution in [0.15, 0.2) is 12.1 Å². The molecule has 0 amide bonds. The van der Waals surface area contributed by atoms with Gasteiger partial charge in [0.15, 0.2) is 0 Å². The van der Waals surface area contributed by atoms with Crippen molar-refractivity contribution in [2.75, 3.05) is 0 Å². The predicted molar refractivity (Wildman–Crippen MR) is 85.5 cm³/mol. The van der Waals surface area contributed by atoms with Crippen LogP contribution in [0.3, 0.4) is 0 Å². The number of benzene rings is 1. The van der Waals surface area contributed by atoms with E-state index in [2.05, 4.69) is 51.7 Å². The van der Waals surface area contributed by atoms with E-state index < -0.39 is 0 Å². The molecular formula is C19H28. The molecule has 19 heavy (non-hydrogen) atoms. The maximum atomic E-state index is 3.36. The second-order valence-corrected chi connectivity index (χ2v) is 5.59. The third kappa shape index (κ3) is 5.97. The van der Waals surface area contributed by atoms with Crippen LogP contribution in [0.5, 0.6) is 0 Å². The molecule has 0 heterocycles. The maximum Gasteiger partial charge on any atom is 0.0303 e. The van der Waals surface area contributed by atoms with Crippen LogP contribution in [0.2, 0.25) is 0 Å². The Balaban J connectivity index is 2.38. The summed E-state index contributed by atoms with van der Waals surface area (Å²) in [5.74, 6) is 6.70. The van der Waals surface area contributed by atoms with Gasteiger partial charge in [0.1, 0.15) is 0 Å². The van der Waals surface area contributed by atoms with E-state index in [4.69, 9.17) is 0 Å². The van der Waals surface area contributed by atoms with Gasteiger partial charge in [0.25, 0.3) is 0 Å². The van der Waals surface area contributed by atoms with Crippen molar-refractivity contribution in [2.24, 2.45) is 0 Å². The molecule has 0 nitrogen and oxygen atoms in total. The molecule has 0 bridgehead atoms. The Hall–Kier alpha value is -1.22. The molecule has 0 heteroatoms. The molecule has 0 aliphatic rings. The fourth-order valence-corrected chi connectivity index (χ4v) is 2.52. The second-order valence-electron chi connectivity index (χ2n) is 5.59. The van der Waals surface area contributed by atoms with Gasteiger partial charge in [-0.05, 0) is 38.3 Å². The number of rotatable bonds is 6. The largest absolute Gasteiger partial charge is 0.0979 e. The van der Waals surface area contributed by atoms with E-state index in [0.717, 1.165) is 6.42 Å². The smallest absolute Gasteiger partial charge is 0.0303 e. The summed E-state index contributed by atoms with van der Waals surface area (Å²) >= 11 is 0. The van der Waals surface area contributed by atoms with Crippen LogP contribution in [-0.2, 0) is 0 Å². The van der Waals surface area contributed by atoms with Crippen molar-refractivity contribution in [2.45, 2.75) is 72.6 Å². The first-order chi connectivity index (χ1) is 9.15. The van der Waals surface area contributed by atoms with Crippen molar-refractivity contribution in [3.8, 4) is 11.8 Å². The minimum atomic E-state index is 1.04. The third-order valence-corrected chi connectivity index (χ3v) is 3.55. The number of hydrogen-bond acceptors (Lipinski definition) is 0. The van der Waals surface area contributed by atoms with Crippen LogP contribution in [0.1, 0.15) is 74.1 Å². The quantitative estimate of drug-likeness (QED) is 0.451. The lowest BCUT2D eigenvalue weighted by atomic mass is 10.00. The zero-order chi connectivity index (χ0) is 14.1. The molecular weight excluding hydrogens is 228 g/mol. The van der Waals surface area contributed by atoms with Crippen LogP contribution in [-0.4, -0.2) is 0 Å². The van der Waals surface area contributed by atoms with Crippen molar-refractivity contribution < 1.29 is 0 Å². The molecule has 0 fully saturated rings. The van der Waals surface area contributed by atoms with Gasteiger partial charge in [-0.3, -0.25) is 0 Å². The third-order valence-electron chi connectivity index (χ3n) is 3.55. The Morgan fingerprint density at radius 2 is 1.42 bits per heavy atom. The average Bonchev–Trinajstić information content (AvgIpc) is 2.35. The molecule has 0 N–H and O–H groups in total. The molecule has 0 atom stereocenters. The minimum absolute atomic E-state index is 1.04. The molecule has 0 aliphatic heterocycles. The highest BCUT2D eigenvalue weighted by Gasteiger charge is 1.99. The molecule has 0 saturated heterocycles. The topological polar surface area (TPSA) is 0 Å². The summed E-state index contributed by atoms with van der Waals surface area (Å²) in [6.45, 7) is 8.73. The molecule has 104 valence electrons. The van der Waals surface area contributed by atoms with Crippen molar-refractivity contribution in [3.63, 3.8) is 0 Å². The lowest BCUT2D eigenvalue weighted by molar-refractivity contribution is 0.614. The van der Waals surface area contributed by atoms with Gasteiger partial charge in [-0.25, -0.2) is 0 Å². The average molecular weight is 256 g/mol. The van der Waals surface area contributed by atoms with E-state index in [9.17, 15) is 0 Å². The SMILES string of the molecule is CCCCCCCCC#Cc1c(C)cc(C)cc1C. The van der Waals surface area contributed by atoms with E-state index in [1.54, 1.807) is 0 Å². The minimum Gasteiger partial charge on any atom is -0.0979 e. The summed E-state index contributed by atoms with van der Waals surface area (Å²) in [6.07, 6.45) is 9.09. The molecule has 0 aromatic heterocycles. The van der Waals surface area contributed by atoms with Crippen LogP contribution < -0.4 is 0 Å². The first-order valence-electron chi connectivity index (χ1n) is 7.72. The molecule has 0 radical (unpaired) electrons. The molecule has 1 aromatic carbocycles. The van der Waals surface area contributed by atoms with Gasteiger partial charge in [0.05, 0.1) is 0 Å². The molecule has 0 unspecified atom stereocenters. The van der Waals surface area contributed by atoms with Gasteiger partial charge in [-0.15, -0.1) is 0 Å². The van der Waals surface area contributed by atoms with Crippen molar-refractivity contribution in [1.82, 2.24) is 0 Å². The molecule has 0 aliphatic carbocycles. The lowest BCUT2D eigenvalue weighted by Crippen LogP contribution is -1.89. The Labute approximate surface area is 119 Å². The monoisotopic (exact) mass is 256 g/mol. The first kappa shape index (κ1) is 15.8. The van der Waals surface area contributed by atoms with Gasteiger partial charge < -0.3 is 0 Å². The highest BCUT2D eigenvalue weighted by molar-refractivity contribution is 5.48. The summed E-state index contributed by atoms with van der Waals surface area (Å²) in [6, 6.07) is 4.45. The zero-order valence-electron chi connectivity index (χ0n) is 13.1. The number of aryl methyl sites for hydroxylation is 3. The van der Waals surface area contributed by atoms with Gasteiger partial charge in [0, 0.05) is 12.0 Å². The van der Waals surface area contributed by atoms with Crippen molar-refractivity contribution in [1.29, 1.82) is 0 Å². The number of hydrogen-bond donors (Lipinski definition) is 0. The van der Waals surface area contributed by atoms with Crippen LogP contribution in [0, 0.1) is 32.6 Å². The van der Waals surface area contributed by atoms with Crippen LogP contribution in [0.25, 0.3) is 0 Å². The summed E-state index contributed by atoms with van der Waals surface area (Å²) in [4.78, 5) is 0. The standard InChI is InChI=1S/C19H28/c1-5-6-7-8-9-10-11-12-13-19-17(3)14-16(2)15-18(19)4/h14-15H,5-11H2,1-4H3. The molecule has 0 spiro atoms. The summed E-state index contributed by atoms with van der Waals surface area (Å²) in [5.41, 5.74) is 5.19. The summed E-state index contributed by atoms with van der Waals surface area (Å²) in [5, 5.41) is 0. The van der Waals surface area contributed by atoms with E-state index in [0.29, 0.717) is 0 Å². The van der Waals surface area contributed by atoms with Gasteiger partial charge in [0.2, 0.25) is 0 Å². The predicted octanol–water partition coefficient (Wildman–Crippen LogP) is 5.71.